The molecule has 0 aromatic carbocycles. The number of hydrogen-bond acceptors (Lipinski definition) is 3. The minimum Gasteiger partial charge on any atom is -0.314 e. The van der Waals surface area contributed by atoms with Gasteiger partial charge in [-0.15, -0.1) is 0 Å². The van der Waals surface area contributed by atoms with Crippen LogP contribution in [-0.2, 0) is 0 Å². The van der Waals surface area contributed by atoms with Gasteiger partial charge in [-0.3, -0.25) is 9.88 Å². The predicted molar refractivity (Wildman–Crippen MR) is 82.7 cm³/mol. The molecule has 2 heterocycles. The Balaban J connectivity index is 1.77. The highest BCUT2D eigenvalue weighted by molar-refractivity contribution is 5.16. The van der Waals surface area contributed by atoms with Gasteiger partial charge in [0.2, 0.25) is 0 Å². The molecule has 1 aromatic heterocycles. The van der Waals surface area contributed by atoms with E-state index in [0.29, 0.717) is 12.0 Å². The van der Waals surface area contributed by atoms with Crippen molar-refractivity contribution < 1.29 is 0 Å². The van der Waals surface area contributed by atoms with Crippen molar-refractivity contribution in [2.75, 3.05) is 20.1 Å². The van der Waals surface area contributed by atoms with Crippen LogP contribution in [0, 0.1) is 12.8 Å². The van der Waals surface area contributed by atoms with Gasteiger partial charge in [0, 0.05) is 18.8 Å². The summed E-state index contributed by atoms with van der Waals surface area (Å²) in [5.74, 6) is 0.693. The molecule has 1 aliphatic carbocycles. The number of aromatic nitrogens is 1. The maximum absolute atomic E-state index is 4.72. The molecule has 0 bridgehead atoms. The molecular formula is C17H27N3. The molecule has 1 aliphatic heterocycles. The third kappa shape index (κ3) is 3.39. The Hall–Kier alpha value is -0.930. The lowest BCUT2D eigenvalue weighted by atomic mass is 9.91. The monoisotopic (exact) mass is 273 g/mol. The van der Waals surface area contributed by atoms with Crippen LogP contribution in [0.4, 0.5) is 0 Å². The van der Waals surface area contributed by atoms with Crippen molar-refractivity contribution in [3.05, 3.63) is 29.6 Å². The second-order valence-electron chi connectivity index (χ2n) is 6.62. The molecule has 1 N–H and O–H groups in total. The van der Waals surface area contributed by atoms with Crippen LogP contribution in [0.5, 0.6) is 0 Å². The summed E-state index contributed by atoms with van der Waals surface area (Å²) in [6.45, 7) is 4.45. The topological polar surface area (TPSA) is 28.2 Å². The van der Waals surface area contributed by atoms with Crippen molar-refractivity contribution in [1.29, 1.82) is 0 Å². The molecule has 2 unspecified atom stereocenters. The fraction of sp³-hybridized carbons (Fsp3) is 0.706. The van der Waals surface area contributed by atoms with Gasteiger partial charge in [0.1, 0.15) is 0 Å². The van der Waals surface area contributed by atoms with Gasteiger partial charge in [0.15, 0.2) is 0 Å². The van der Waals surface area contributed by atoms with Crippen LogP contribution in [0.3, 0.4) is 0 Å². The van der Waals surface area contributed by atoms with Gasteiger partial charge in [-0.2, -0.15) is 0 Å². The molecule has 3 nitrogen and oxygen atoms in total. The summed E-state index contributed by atoms with van der Waals surface area (Å²) in [7, 11) is 2.27. The van der Waals surface area contributed by atoms with Crippen LogP contribution in [0.15, 0.2) is 18.3 Å². The summed E-state index contributed by atoms with van der Waals surface area (Å²) in [4.78, 5) is 7.24. The average molecular weight is 273 g/mol. The van der Waals surface area contributed by atoms with E-state index in [1.807, 2.05) is 6.20 Å². The Labute approximate surface area is 122 Å². The number of likely N-dealkylation sites (tertiary alicyclic amines) is 1. The zero-order chi connectivity index (χ0) is 13.9. The van der Waals surface area contributed by atoms with Crippen molar-refractivity contribution in [1.82, 2.24) is 15.2 Å². The van der Waals surface area contributed by atoms with Crippen LogP contribution in [0.1, 0.15) is 49.4 Å². The summed E-state index contributed by atoms with van der Waals surface area (Å²) >= 11 is 0. The highest BCUT2D eigenvalue weighted by atomic mass is 15.2. The van der Waals surface area contributed by atoms with Gasteiger partial charge in [-0.05, 0) is 63.7 Å². The molecule has 3 heteroatoms. The maximum atomic E-state index is 4.72. The van der Waals surface area contributed by atoms with Crippen LogP contribution in [0.25, 0.3) is 0 Å². The lowest BCUT2D eigenvalue weighted by molar-refractivity contribution is 0.184. The van der Waals surface area contributed by atoms with Crippen molar-refractivity contribution in [3.8, 4) is 0 Å². The minimum atomic E-state index is 0.476. The molecule has 1 saturated heterocycles. The maximum Gasteiger partial charge on any atom is 0.0578 e. The van der Waals surface area contributed by atoms with E-state index in [1.165, 1.54) is 49.9 Å². The molecule has 2 fully saturated rings. The lowest BCUT2D eigenvalue weighted by Gasteiger charge is -2.32. The van der Waals surface area contributed by atoms with Gasteiger partial charge in [-0.25, -0.2) is 0 Å². The van der Waals surface area contributed by atoms with Crippen molar-refractivity contribution >= 4 is 0 Å². The summed E-state index contributed by atoms with van der Waals surface area (Å²) in [6.07, 6.45) is 8.75. The average Bonchev–Trinajstić information content (AvgIpc) is 3.26. The molecule has 0 spiro atoms. The molecule has 110 valence electrons. The normalized spacial score (nSPS) is 28.3. The second-order valence-corrected chi connectivity index (χ2v) is 6.62. The molecule has 2 atom stereocenters. The highest BCUT2D eigenvalue weighted by Crippen LogP contribution is 2.33. The standard InChI is InChI=1S/C17H27N3/c1-13-6-9-16(19-11-13)17-14(12-18-15-7-8-15)5-3-4-10-20(17)2/h6,9,11,14-15,17-18H,3-5,7-8,10,12H2,1-2H3. The van der Waals surface area contributed by atoms with E-state index in [-0.39, 0.29) is 0 Å². The number of aryl methyl sites for hydroxylation is 1. The lowest BCUT2D eigenvalue weighted by Crippen LogP contribution is -2.36. The minimum absolute atomic E-state index is 0.476. The first-order valence-electron chi connectivity index (χ1n) is 8.10. The van der Waals surface area contributed by atoms with Gasteiger partial charge in [0.25, 0.3) is 0 Å². The molecule has 2 aliphatic rings. The molecule has 1 aromatic rings. The highest BCUT2D eigenvalue weighted by Gasteiger charge is 2.31. The van der Waals surface area contributed by atoms with Crippen molar-refractivity contribution in [2.24, 2.45) is 5.92 Å². The molecule has 3 rings (SSSR count). The van der Waals surface area contributed by atoms with Crippen LogP contribution < -0.4 is 5.32 Å². The van der Waals surface area contributed by atoms with Crippen molar-refractivity contribution in [2.45, 2.75) is 51.1 Å². The first-order valence-corrected chi connectivity index (χ1v) is 8.10. The Morgan fingerprint density at radius 3 is 2.80 bits per heavy atom. The second kappa shape index (κ2) is 6.23. The SMILES string of the molecule is Cc1ccc(C2C(CNC3CC3)CCCCN2C)nc1. The zero-order valence-corrected chi connectivity index (χ0v) is 12.8. The van der Waals surface area contributed by atoms with E-state index in [1.54, 1.807) is 0 Å². The molecule has 1 saturated carbocycles. The zero-order valence-electron chi connectivity index (χ0n) is 12.8. The van der Waals surface area contributed by atoms with Gasteiger partial charge in [-0.1, -0.05) is 12.5 Å². The molecule has 0 radical (unpaired) electrons. The smallest absolute Gasteiger partial charge is 0.0578 e. The summed E-state index contributed by atoms with van der Waals surface area (Å²) in [5.41, 5.74) is 2.50. The number of nitrogens with zero attached hydrogens (tertiary/aromatic N) is 2. The van der Waals surface area contributed by atoms with E-state index in [0.717, 1.165) is 12.6 Å². The fourth-order valence-corrected chi connectivity index (χ4v) is 3.37. The fourth-order valence-electron chi connectivity index (χ4n) is 3.37. The third-order valence-corrected chi connectivity index (χ3v) is 4.74. The number of pyridine rings is 1. The van der Waals surface area contributed by atoms with E-state index < -0.39 is 0 Å². The van der Waals surface area contributed by atoms with E-state index in [4.69, 9.17) is 4.98 Å². The summed E-state index contributed by atoms with van der Waals surface area (Å²) in [6, 6.07) is 5.71. The summed E-state index contributed by atoms with van der Waals surface area (Å²) < 4.78 is 0. The molecule has 20 heavy (non-hydrogen) atoms. The summed E-state index contributed by atoms with van der Waals surface area (Å²) in [5, 5.41) is 3.73. The third-order valence-electron chi connectivity index (χ3n) is 4.74. The van der Waals surface area contributed by atoms with Gasteiger partial charge >= 0.3 is 0 Å². The Kier molecular flexibility index (Phi) is 4.37. The number of rotatable bonds is 4. The van der Waals surface area contributed by atoms with Crippen LogP contribution in [0.2, 0.25) is 0 Å². The Morgan fingerprint density at radius 1 is 1.25 bits per heavy atom. The van der Waals surface area contributed by atoms with E-state index in [2.05, 4.69) is 36.3 Å². The number of hydrogen-bond donors (Lipinski definition) is 1. The van der Waals surface area contributed by atoms with Crippen LogP contribution in [-0.4, -0.2) is 36.1 Å². The first-order chi connectivity index (χ1) is 9.74. The Bertz CT molecular complexity index is 424. The predicted octanol–water partition coefficient (Wildman–Crippen LogP) is 2.92. The van der Waals surface area contributed by atoms with E-state index in [9.17, 15) is 0 Å². The van der Waals surface area contributed by atoms with Crippen molar-refractivity contribution in [3.63, 3.8) is 0 Å². The molecular weight excluding hydrogens is 246 g/mol. The van der Waals surface area contributed by atoms with Gasteiger partial charge < -0.3 is 5.32 Å². The quantitative estimate of drug-likeness (QED) is 0.914. The van der Waals surface area contributed by atoms with Gasteiger partial charge in [0.05, 0.1) is 11.7 Å². The molecule has 0 amide bonds. The van der Waals surface area contributed by atoms with Crippen LogP contribution >= 0.6 is 0 Å². The van der Waals surface area contributed by atoms with E-state index >= 15 is 0 Å². The largest absolute Gasteiger partial charge is 0.314 e. The first kappa shape index (κ1) is 14.0. The Morgan fingerprint density at radius 2 is 2.10 bits per heavy atom. The number of nitrogens with one attached hydrogen (secondary N) is 1.